The van der Waals surface area contributed by atoms with Crippen molar-refractivity contribution in [1.82, 2.24) is 5.01 Å². The van der Waals surface area contributed by atoms with E-state index in [-0.39, 0.29) is 23.2 Å². The Morgan fingerprint density at radius 1 is 1.30 bits per heavy atom. The fourth-order valence-corrected chi connectivity index (χ4v) is 4.19. The number of benzene rings is 1. The van der Waals surface area contributed by atoms with Crippen LogP contribution in [0.5, 0.6) is 5.75 Å². The molecule has 1 N–H and O–H groups in total. The van der Waals surface area contributed by atoms with Gasteiger partial charge in [-0.05, 0) is 37.5 Å². The van der Waals surface area contributed by atoms with Crippen molar-refractivity contribution in [1.29, 1.82) is 5.26 Å². The minimum atomic E-state index is -0.968. The van der Waals surface area contributed by atoms with Crippen LogP contribution in [0.25, 0.3) is 0 Å². The molecule has 1 aliphatic carbocycles. The standard InChI is InChI=1S/C20H23N3O4/c1-19(2)13-14(19)18(25)23(5)22-17(13)26-15-11-8-10(9-21)6-7-12(11)27-20(3,4)16(15)24/h6-8,13-16,24H,1-5H3/t13?,14?,15-,16+/m1/s1. The summed E-state index contributed by atoms with van der Waals surface area (Å²) in [4.78, 5) is 12.3. The van der Waals surface area contributed by atoms with Gasteiger partial charge in [-0.3, -0.25) is 4.79 Å². The molecule has 2 heterocycles. The minimum absolute atomic E-state index is 0.0163. The fourth-order valence-electron chi connectivity index (χ4n) is 4.19. The van der Waals surface area contributed by atoms with Crippen LogP contribution in [-0.2, 0) is 9.53 Å². The van der Waals surface area contributed by atoms with Gasteiger partial charge in [-0.15, -0.1) is 5.10 Å². The highest BCUT2D eigenvalue weighted by Gasteiger charge is 2.68. The first-order valence-electron chi connectivity index (χ1n) is 9.02. The van der Waals surface area contributed by atoms with Crippen molar-refractivity contribution in [3.8, 4) is 11.8 Å². The van der Waals surface area contributed by atoms with Crippen molar-refractivity contribution in [3.05, 3.63) is 29.3 Å². The molecule has 1 aromatic rings. The zero-order chi connectivity index (χ0) is 19.7. The van der Waals surface area contributed by atoms with Gasteiger partial charge in [0.05, 0.1) is 23.5 Å². The molecule has 3 aliphatic rings. The van der Waals surface area contributed by atoms with E-state index in [2.05, 4.69) is 11.2 Å². The molecule has 7 heteroatoms. The fraction of sp³-hybridized carbons (Fsp3) is 0.550. The molecule has 1 aromatic carbocycles. The Labute approximate surface area is 158 Å². The van der Waals surface area contributed by atoms with Crippen LogP contribution in [0.4, 0.5) is 0 Å². The van der Waals surface area contributed by atoms with Crippen LogP contribution in [0.3, 0.4) is 0 Å². The Morgan fingerprint density at radius 2 is 2.00 bits per heavy atom. The number of nitrogens with zero attached hydrogens (tertiary/aromatic N) is 3. The zero-order valence-corrected chi connectivity index (χ0v) is 16.1. The number of hydrogen-bond acceptors (Lipinski definition) is 6. The first-order valence-corrected chi connectivity index (χ1v) is 9.02. The molecule has 1 amide bonds. The number of nitriles is 1. The number of hydrazone groups is 1. The molecule has 2 unspecified atom stereocenters. The number of fused-ring (bicyclic) bond motifs is 2. The molecule has 2 aliphatic heterocycles. The predicted octanol–water partition coefficient (Wildman–Crippen LogP) is 2.21. The molecule has 1 fully saturated rings. The second-order valence-corrected chi connectivity index (χ2v) is 8.63. The van der Waals surface area contributed by atoms with E-state index < -0.39 is 17.8 Å². The van der Waals surface area contributed by atoms with Crippen LogP contribution in [0.2, 0.25) is 0 Å². The summed E-state index contributed by atoms with van der Waals surface area (Å²) in [6.07, 6.45) is -1.71. The number of carbonyl (C=O) groups excluding carboxylic acids is 1. The summed E-state index contributed by atoms with van der Waals surface area (Å²) in [6.45, 7) is 7.61. The number of amides is 1. The molecule has 1 saturated carbocycles. The van der Waals surface area contributed by atoms with Gasteiger partial charge < -0.3 is 14.6 Å². The maximum absolute atomic E-state index is 12.3. The van der Waals surface area contributed by atoms with E-state index in [1.807, 2.05) is 13.8 Å². The molecule has 0 bridgehead atoms. The third-order valence-electron chi connectivity index (χ3n) is 5.99. The van der Waals surface area contributed by atoms with Crippen molar-refractivity contribution in [2.45, 2.75) is 45.5 Å². The second-order valence-electron chi connectivity index (χ2n) is 8.63. The largest absolute Gasteiger partial charge is 0.485 e. The van der Waals surface area contributed by atoms with Gasteiger partial charge >= 0.3 is 0 Å². The maximum atomic E-state index is 12.3. The number of aliphatic hydroxyl groups is 1. The van der Waals surface area contributed by atoms with Crippen LogP contribution in [0.15, 0.2) is 23.3 Å². The highest BCUT2D eigenvalue weighted by atomic mass is 16.5. The highest BCUT2D eigenvalue weighted by Crippen LogP contribution is 2.61. The number of rotatable bonds is 1. The van der Waals surface area contributed by atoms with E-state index in [1.54, 1.807) is 39.1 Å². The van der Waals surface area contributed by atoms with Gasteiger partial charge in [0, 0.05) is 12.6 Å². The first kappa shape index (κ1) is 17.8. The van der Waals surface area contributed by atoms with Gasteiger partial charge in [0.15, 0.2) is 6.10 Å². The molecule has 142 valence electrons. The Hall–Kier alpha value is -2.59. The van der Waals surface area contributed by atoms with Crippen molar-refractivity contribution < 1.29 is 19.4 Å². The molecule has 0 aromatic heterocycles. The third-order valence-corrected chi connectivity index (χ3v) is 5.99. The summed E-state index contributed by atoms with van der Waals surface area (Å²) in [7, 11) is 1.61. The predicted molar refractivity (Wildman–Crippen MR) is 96.7 cm³/mol. The average molecular weight is 369 g/mol. The van der Waals surface area contributed by atoms with E-state index in [9.17, 15) is 15.2 Å². The maximum Gasteiger partial charge on any atom is 0.246 e. The Kier molecular flexibility index (Phi) is 3.60. The van der Waals surface area contributed by atoms with Gasteiger partial charge in [0.2, 0.25) is 11.8 Å². The SMILES string of the molecule is CN1N=C(O[C@@H]2c3cc(C#N)ccc3OC(C)(C)[C@H]2O)C2C(C1=O)C2(C)C. The summed E-state index contributed by atoms with van der Waals surface area (Å²) in [5, 5.41) is 25.8. The Balaban J connectivity index is 1.74. The van der Waals surface area contributed by atoms with Gasteiger partial charge in [-0.1, -0.05) is 13.8 Å². The van der Waals surface area contributed by atoms with E-state index in [0.717, 1.165) is 0 Å². The molecular weight excluding hydrogens is 346 g/mol. The van der Waals surface area contributed by atoms with Crippen molar-refractivity contribution in [3.63, 3.8) is 0 Å². The summed E-state index contributed by atoms with van der Waals surface area (Å²) in [5.41, 5.74) is -0.0382. The number of aliphatic hydroxyl groups excluding tert-OH is 1. The van der Waals surface area contributed by atoms with Crippen LogP contribution in [0.1, 0.15) is 44.9 Å². The third kappa shape index (κ3) is 2.51. The lowest BCUT2D eigenvalue weighted by Gasteiger charge is -2.42. The van der Waals surface area contributed by atoms with E-state index in [4.69, 9.17) is 9.47 Å². The quantitative estimate of drug-likeness (QED) is 0.819. The molecule has 27 heavy (non-hydrogen) atoms. The lowest BCUT2D eigenvalue weighted by atomic mass is 9.87. The minimum Gasteiger partial charge on any atom is -0.485 e. The molecule has 7 nitrogen and oxygen atoms in total. The number of carbonyl (C=O) groups is 1. The monoisotopic (exact) mass is 369 g/mol. The van der Waals surface area contributed by atoms with Crippen LogP contribution in [-0.4, -0.2) is 40.7 Å². The van der Waals surface area contributed by atoms with E-state index in [1.165, 1.54) is 5.01 Å². The van der Waals surface area contributed by atoms with E-state index >= 15 is 0 Å². The Morgan fingerprint density at radius 3 is 2.67 bits per heavy atom. The van der Waals surface area contributed by atoms with Crippen molar-refractivity contribution in [2.24, 2.45) is 22.4 Å². The molecule has 0 radical (unpaired) electrons. The summed E-state index contributed by atoms with van der Waals surface area (Å²) in [5.74, 6) is 0.730. The van der Waals surface area contributed by atoms with Crippen molar-refractivity contribution in [2.75, 3.05) is 7.05 Å². The molecule has 0 spiro atoms. The second kappa shape index (κ2) is 5.46. The zero-order valence-electron chi connectivity index (χ0n) is 16.1. The molecular formula is C20H23N3O4. The smallest absolute Gasteiger partial charge is 0.246 e. The van der Waals surface area contributed by atoms with Crippen LogP contribution < -0.4 is 4.74 Å². The van der Waals surface area contributed by atoms with Gasteiger partial charge in [0.1, 0.15) is 17.5 Å². The number of hydrogen-bond donors (Lipinski definition) is 1. The van der Waals surface area contributed by atoms with Gasteiger partial charge in [0.25, 0.3) is 0 Å². The van der Waals surface area contributed by atoms with Gasteiger partial charge in [-0.2, -0.15) is 5.26 Å². The van der Waals surface area contributed by atoms with Crippen molar-refractivity contribution >= 4 is 11.8 Å². The lowest BCUT2D eigenvalue weighted by Crippen LogP contribution is -2.50. The normalized spacial score (nSPS) is 32.4. The van der Waals surface area contributed by atoms with Gasteiger partial charge in [-0.25, -0.2) is 5.01 Å². The van der Waals surface area contributed by atoms with E-state index in [0.29, 0.717) is 22.8 Å². The Bertz CT molecular complexity index is 899. The molecule has 0 saturated heterocycles. The van der Waals surface area contributed by atoms with Crippen LogP contribution in [0, 0.1) is 28.6 Å². The lowest BCUT2D eigenvalue weighted by molar-refractivity contribution is -0.133. The topological polar surface area (TPSA) is 95.2 Å². The first-order chi connectivity index (χ1) is 12.6. The highest BCUT2D eigenvalue weighted by molar-refractivity contribution is 5.98. The molecule has 4 atom stereocenters. The summed E-state index contributed by atoms with van der Waals surface area (Å²) < 4.78 is 12.2. The van der Waals surface area contributed by atoms with Crippen LogP contribution >= 0.6 is 0 Å². The summed E-state index contributed by atoms with van der Waals surface area (Å²) >= 11 is 0. The average Bonchev–Trinajstić information content (AvgIpc) is 3.18. The molecule has 4 rings (SSSR count). The summed E-state index contributed by atoms with van der Waals surface area (Å²) in [6, 6.07) is 7.17. The number of ether oxygens (including phenoxy) is 2.